The van der Waals surface area contributed by atoms with E-state index in [2.05, 4.69) is 12.2 Å². The van der Waals surface area contributed by atoms with Crippen LogP contribution in [0, 0.1) is 29.6 Å². The number of piperazine rings is 3. The number of primary amides is 1. The van der Waals surface area contributed by atoms with E-state index in [1.807, 2.05) is 57.2 Å². The number of nitrogens with zero attached hydrogens (tertiary/aromatic N) is 2. The Hall–Kier alpha value is -3.96. The molecule has 1 aromatic carbocycles. The van der Waals surface area contributed by atoms with Crippen molar-refractivity contribution in [1.82, 2.24) is 0 Å². The van der Waals surface area contributed by atoms with Crippen LogP contribution in [-0.2, 0) is 54.7 Å². The number of rotatable bonds is 10. The largest absolute Gasteiger partial charge is 1.00 e. The maximum atomic E-state index is 14.1. The molecule has 5 fully saturated rings. The van der Waals surface area contributed by atoms with Gasteiger partial charge in [0.15, 0.2) is 22.8 Å². The van der Waals surface area contributed by atoms with Crippen molar-refractivity contribution < 1.29 is 100 Å². The normalized spacial score (nSPS) is 37.5. The van der Waals surface area contributed by atoms with Crippen molar-refractivity contribution in [2.75, 3.05) is 52.9 Å². The molecule has 0 radical (unpaired) electrons. The van der Waals surface area contributed by atoms with Crippen molar-refractivity contribution in [3.8, 4) is 0 Å². The summed E-state index contributed by atoms with van der Waals surface area (Å²) in [6.07, 6.45) is 7.63. The minimum absolute atomic E-state index is 0. The van der Waals surface area contributed by atoms with E-state index in [4.69, 9.17) is 42.4 Å². The molecule has 3 N–H and O–H groups in total. The van der Waals surface area contributed by atoms with E-state index >= 15 is 0 Å². The number of aliphatic hydroxyl groups is 1. The average Bonchev–Trinajstić information content (AvgIpc) is 3.86. The molecular formula is C46H59BrF3N3O13S. The number of fused-ring (bicyclic) bond motifs is 3. The van der Waals surface area contributed by atoms with Crippen molar-refractivity contribution in [2.24, 2.45) is 35.3 Å². The van der Waals surface area contributed by atoms with Crippen LogP contribution in [0.25, 0.3) is 0 Å². The molecule has 21 heteroatoms. The molecule has 5 heterocycles. The van der Waals surface area contributed by atoms with Crippen LogP contribution < -0.4 is 22.7 Å². The average molecular weight is 1030 g/mol. The summed E-state index contributed by atoms with van der Waals surface area (Å²) in [5.41, 5.74) is 1.73. The summed E-state index contributed by atoms with van der Waals surface area (Å²) < 4.78 is 92.0. The second kappa shape index (κ2) is 19.8. The lowest BCUT2D eigenvalue weighted by atomic mass is 9.57. The monoisotopic (exact) mass is 1030 g/mol. The molecule has 67 heavy (non-hydrogen) atoms. The van der Waals surface area contributed by atoms with Crippen molar-refractivity contribution >= 4 is 33.9 Å². The number of benzene rings is 1. The number of allylic oxidation sites excluding steroid dienone is 3. The number of hydrogen-bond donors (Lipinski definition) is 2. The number of aliphatic hydroxyl groups excluding tert-OH is 1. The van der Waals surface area contributed by atoms with Gasteiger partial charge in [-0.1, -0.05) is 68.5 Å². The zero-order valence-corrected chi connectivity index (χ0v) is 40.3. The summed E-state index contributed by atoms with van der Waals surface area (Å²) in [7, 11) is -4.62. The lowest BCUT2D eigenvalue weighted by Gasteiger charge is -2.55. The zero-order chi connectivity index (χ0) is 48.1. The van der Waals surface area contributed by atoms with Gasteiger partial charge in [-0.3, -0.25) is 4.79 Å². The van der Waals surface area contributed by atoms with Gasteiger partial charge in [-0.15, -0.1) is 0 Å². The van der Waals surface area contributed by atoms with E-state index in [9.17, 15) is 37.5 Å². The molecule has 5 aliphatic heterocycles. The number of halogens is 4. The van der Waals surface area contributed by atoms with Gasteiger partial charge < -0.3 is 65.0 Å². The third kappa shape index (κ3) is 10.2. The highest BCUT2D eigenvalue weighted by Gasteiger charge is 2.69. The van der Waals surface area contributed by atoms with E-state index in [0.717, 1.165) is 59.4 Å². The number of methoxy groups -OCH3 is 1. The van der Waals surface area contributed by atoms with Gasteiger partial charge in [-0.25, -0.2) is 22.8 Å². The molecular weight excluding hydrogens is 971 g/mol. The second-order valence-electron chi connectivity index (χ2n) is 19.1. The topological polar surface area (TPSA) is 218 Å². The molecule has 4 saturated heterocycles. The van der Waals surface area contributed by atoms with E-state index in [0.29, 0.717) is 30.6 Å². The van der Waals surface area contributed by atoms with Crippen molar-refractivity contribution in [3.05, 3.63) is 83.0 Å². The molecule has 1 saturated carbocycles. The van der Waals surface area contributed by atoms with Crippen LogP contribution in [0.4, 0.5) is 13.2 Å². The van der Waals surface area contributed by atoms with Gasteiger partial charge in [0, 0.05) is 47.8 Å². The number of ether oxygens (including phenoxy) is 5. The number of cyclic esters (lactones) is 1. The summed E-state index contributed by atoms with van der Waals surface area (Å²) in [4.78, 5) is 53.1. The number of quaternary nitrogens is 2. The Morgan fingerprint density at radius 2 is 1.67 bits per heavy atom. The highest BCUT2D eigenvalue weighted by atomic mass is 79.9. The van der Waals surface area contributed by atoms with Crippen LogP contribution >= 0.6 is 0 Å². The molecule has 0 aromatic heterocycles. The fourth-order valence-corrected chi connectivity index (χ4v) is 11.5. The first-order valence-electron chi connectivity index (χ1n) is 22.3. The minimum atomic E-state index is -6.09. The molecule has 8 aliphatic rings. The van der Waals surface area contributed by atoms with Gasteiger partial charge in [0.2, 0.25) is 0 Å². The Kier molecular flexibility index (Phi) is 15.5. The molecule has 1 spiro atoms. The minimum Gasteiger partial charge on any atom is -1.00 e. The third-order valence-corrected chi connectivity index (χ3v) is 15.7. The van der Waals surface area contributed by atoms with E-state index in [1.165, 1.54) is 7.11 Å². The SMILES string of the molecule is CO[C@H]1CC2C=C[C@H]3[C@H]4O[C@]2(/C(C)=C/[C@@H](C)[C@@H]([C@@H](C)OC(=O)c2ccccc2C[N+]25CC[N+](CC(N)=O)(CC2)CC5)OC1=O)[C@@H]3[C@H](O)[C@@H](C)[C@H]4OC(=O)C1=CC=CC1.O=S(=O)([O-])C(F)(F)F.[Br-]. The van der Waals surface area contributed by atoms with Gasteiger partial charge in [-0.2, -0.15) is 13.2 Å². The molecule has 1 unspecified atom stereocenters. The highest BCUT2D eigenvalue weighted by Crippen LogP contribution is 2.61. The number of alkyl halides is 3. The summed E-state index contributed by atoms with van der Waals surface area (Å²) in [6, 6.07) is 7.54. The lowest BCUT2D eigenvalue weighted by Crippen LogP contribution is -3.00. The number of amides is 1. The fourth-order valence-electron chi connectivity index (χ4n) is 11.5. The lowest BCUT2D eigenvalue weighted by molar-refractivity contribution is -1.08. The van der Waals surface area contributed by atoms with Crippen LogP contribution in [0.1, 0.15) is 56.5 Å². The fraction of sp³-hybridized carbons (Fsp3) is 0.609. The first-order chi connectivity index (χ1) is 30.9. The van der Waals surface area contributed by atoms with Crippen molar-refractivity contribution in [3.63, 3.8) is 0 Å². The molecule has 1 amide bonds. The van der Waals surface area contributed by atoms with Gasteiger partial charge in [0.25, 0.3) is 5.91 Å². The van der Waals surface area contributed by atoms with Crippen LogP contribution in [0.15, 0.2) is 71.9 Å². The van der Waals surface area contributed by atoms with Crippen molar-refractivity contribution in [1.29, 1.82) is 0 Å². The predicted molar refractivity (Wildman–Crippen MR) is 227 cm³/mol. The Bertz CT molecular complexity index is 2300. The maximum Gasteiger partial charge on any atom is 0.485 e. The molecule has 16 nitrogen and oxygen atoms in total. The summed E-state index contributed by atoms with van der Waals surface area (Å²) in [5.74, 6) is -3.53. The second-order valence-corrected chi connectivity index (χ2v) is 20.4. The van der Waals surface area contributed by atoms with E-state index in [1.54, 1.807) is 19.1 Å². The number of hydrogen-bond acceptors (Lipinski definition) is 13. The number of nitrogens with two attached hydrogens (primary N) is 1. The highest BCUT2D eigenvalue weighted by molar-refractivity contribution is 7.86. The number of carbonyl (C=O) groups is 4. The van der Waals surface area contributed by atoms with E-state index < -0.39 is 87.6 Å². The molecule has 12 atom stereocenters. The smallest absolute Gasteiger partial charge is 0.485 e. The van der Waals surface area contributed by atoms with Gasteiger partial charge in [0.05, 0.1) is 11.7 Å². The molecule has 1 aromatic rings. The van der Waals surface area contributed by atoms with Crippen LogP contribution in [0.3, 0.4) is 0 Å². The standard InChI is InChI=1S/C45H58N3O10.CHF3O3S.BrH/c1-26-22-27(2)45-32(14-15-34-37(45)38(50)28(3)40(41(34)58-45)57-42(51)30-10-6-7-11-30)23-35(54-5)44(53)56-39(26)29(4)55-43(52)33-13-9-8-12-31(33)24-47-16-19-48(20-17-47,21-18-47)25-36(46)49;2-1(3,4)8(5,6)7;/h6-10,12-15,22,26,28-29,32,34-35,37-41,50H,11,16-21,23-25H2,1-5H3,(H-,46,49);(H,5,6,7);1H/q+1;;/p-1/b27-22+;;/t26-,28-,29-,32?,34-,35+,37+,38-,39+,40-,41-,45+,47?,48?;;/m1../s1. The molecule has 3 aliphatic carbocycles. The zero-order valence-electron chi connectivity index (χ0n) is 37.9. The number of esters is 3. The maximum absolute atomic E-state index is 14.1. The summed E-state index contributed by atoms with van der Waals surface area (Å²) in [5, 5.41) is 12.1. The molecule has 9 rings (SSSR count). The first-order valence-corrected chi connectivity index (χ1v) is 23.7. The quantitative estimate of drug-likeness (QED) is 0.0802. The van der Waals surface area contributed by atoms with Crippen molar-refractivity contribution in [2.45, 2.75) is 94.8 Å². The van der Waals surface area contributed by atoms with Crippen LogP contribution in [0.5, 0.6) is 0 Å². The summed E-state index contributed by atoms with van der Waals surface area (Å²) >= 11 is 0. The third-order valence-electron chi connectivity index (χ3n) is 15.1. The van der Waals surface area contributed by atoms with Gasteiger partial charge in [0.1, 0.15) is 75.8 Å². The number of carbonyl (C=O) groups excluding carboxylic acids is 4. The summed E-state index contributed by atoms with van der Waals surface area (Å²) in [6.45, 7) is 13.9. The first kappa shape index (κ1) is 52.4. The molecule has 6 bridgehead atoms. The van der Waals surface area contributed by atoms with Crippen LogP contribution in [0.2, 0.25) is 0 Å². The Balaban J connectivity index is 0.000000755. The Labute approximate surface area is 398 Å². The van der Waals surface area contributed by atoms with Gasteiger partial charge in [-0.05, 0) is 38.3 Å². The van der Waals surface area contributed by atoms with Gasteiger partial charge >= 0.3 is 23.4 Å². The van der Waals surface area contributed by atoms with Crippen LogP contribution in [-0.4, -0.2) is 152 Å². The Morgan fingerprint density at radius 3 is 2.25 bits per heavy atom. The molecule has 370 valence electrons. The van der Waals surface area contributed by atoms with E-state index in [-0.39, 0.29) is 47.1 Å². The Morgan fingerprint density at radius 1 is 1.04 bits per heavy atom. The predicted octanol–water partition coefficient (Wildman–Crippen LogP) is 0.211.